The highest BCUT2D eigenvalue weighted by atomic mass is 16.5. The number of nitrogens with zero attached hydrogens (tertiary/aromatic N) is 1. The lowest BCUT2D eigenvalue weighted by Gasteiger charge is -2.41. The number of carbonyl (C=O) groups excluding carboxylic acids is 1. The van der Waals surface area contributed by atoms with Gasteiger partial charge < -0.3 is 9.64 Å². The quantitative estimate of drug-likeness (QED) is 0.796. The highest BCUT2D eigenvalue weighted by molar-refractivity contribution is 5.78. The van der Waals surface area contributed by atoms with E-state index in [1.54, 1.807) is 0 Å². The minimum Gasteiger partial charge on any atom is -0.483 e. The number of para-hydroxylation sites is 1. The van der Waals surface area contributed by atoms with Crippen molar-refractivity contribution in [3.63, 3.8) is 0 Å². The number of benzene rings is 2. The molecule has 1 aliphatic carbocycles. The Labute approximate surface area is 156 Å². The maximum absolute atomic E-state index is 12.7. The van der Waals surface area contributed by atoms with E-state index in [1.807, 2.05) is 47.4 Å². The highest BCUT2D eigenvalue weighted by Crippen LogP contribution is 2.36. The molecule has 0 spiro atoms. The van der Waals surface area contributed by atoms with Crippen molar-refractivity contribution in [2.24, 2.45) is 11.8 Å². The largest absolute Gasteiger partial charge is 0.483 e. The van der Waals surface area contributed by atoms with Crippen LogP contribution in [0.4, 0.5) is 0 Å². The van der Waals surface area contributed by atoms with Crippen molar-refractivity contribution in [3.8, 4) is 16.9 Å². The van der Waals surface area contributed by atoms with Crippen molar-refractivity contribution in [3.05, 3.63) is 54.6 Å². The van der Waals surface area contributed by atoms with Crippen LogP contribution in [0.5, 0.6) is 5.75 Å². The van der Waals surface area contributed by atoms with Gasteiger partial charge in [0.05, 0.1) is 0 Å². The molecule has 2 aromatic rings. The molecule has 0 bridgehead atoms. The van der Waals surface area contributed by atoms with Crippen molar-refractivity contribution in [1.29, 1.82) is 0 Å². The molecular formula is C23H27NO2. The monoisotopic (exact) mass is 349 g/mol. The Balaban J connectivity index is 1.39. The second-order valence-corrected chi connectivity index (χ2v) is 7.58. The molecule has 3 nitrogen and oxygen atoms in total. The van der Waals surface area contributed by atoms with E-state index in [-0.39, 0.29) is 12.5 Å². The molecule has 4 rings (SSSR count). The van der Waals surface area contributed by atoms with Crippen LogP contribution in [0.15, 0.2) is 54.6 Å². The van der Waals surface area contributed by atoms with Gasteiger partial charge in [-0.05, 0) is 36.3 Å². The fraction of sp³-hybridized carbons (Fsp3) is 0.435. The summed E-state index contributed by atoms with van der Waals surface area (Å²) in [5.41, 5.74) is 2.14. The fourth-order valence-electron chi connectivity index (χ4n) is 4.51. The van der Waals surface area contributed by atoms with Crippen LogP contribution in [0.25, 0.3) is 11.1 Å². The third-order valence-electron chi connectivity index (χ3n) is 5.97. The fourth-order valence-corrected chi connectivity index (χ4v) is 4.51. The summed E-state index contributed by atoms with van der Waals surface area (Å²) in [7, 11) is 0. The first-order chi connectivity index (χ1) is 12.8. The third-order valence-corrected chi connectivity index (χ3v) is 5.97. The van der Waals surface area contributed by atoms with E-state index in [9.17, 15) is 4.79 Å². The Morgan fingerprint density at radius 3 is 2.50 bits per heavy atom. The number of rotatable bonds is 4. The number of hydrogen-bond acceptors (Lipinski definition) is 2. The Bertz CT molecular complexity index is 743. The van der Waals surface area contributed by atoms with E-state index in [0.29, 0.717) is 5.92 Å². The average Bonchev–Trinajstić information content (AvgIpc) is 2.72. The SMILES string of the molecule is O=C(COc1ccccc1-c1ccccc1)N1CC[C@H]2CCCC[C@@H]2C1. The molecule has 3 heteroatoms. The zero-order valence-corrected chi connectivity index (χ0v) is 15.3. The first kappa shape index (κ1) is 17.1. The molecule has 0 radical (unpaired) electrons. The lowest BCUT2D eigenvalue weighted by molar-refractivity contribution is -0.136. The molecule has 0 aromatic heterocycles. The van der Waals surface area contributed by atoms with Crippen molar-refractivity contribution in [2.75, 3.05) is 19.7 Å². The number of piperidine rings is 1. The molecule has 1 saturated heterocycles. The minimum atomic E-state index is 0.122. The zero-order chi connectivity index (χ0) is 17.8. The number of carbonyl (C=O) groups is 1. The Morgan fingerprint density at radius 2 is 1.65 bits per heavy atom. The summed E-state index contributed by atoms with van der Waals surface area (Å²) in [6.45, 7) is 1.94. The van der Waals surface area contributed by atoms with Gasteiger partial charge in [-0.3, -0.25) is 4.79 Å². The summed E-state index contributed by atoms with van der Waals surface area (Å²) in [6.07, 6.45) is 6.50. The molecule has 2 fully saturated rings. The van der Waals surface area contributed by atoms with Crippen LogP contribution in [0.2, 0.25) is 0 Å². The van der Waals surface area contributed by atoms with E-state index < -0.39 is 0 Å². The molecule has 0 N–H and O–H groups in total. The number of ether oxygens (including phenoxy) is 1. The Hall–Kier alpha value is -2.29. The molecule has 2 atom stereocenters. The van der Waals surface area contributed by atoms with Gasteiger partial charge in [-0.1, -0.05) is 67.8 Å². The van der Waals surface area contributed by atoms with E-state index in [2.05, 4.69) is 12.1 Å². The van der Waals surface area contributed by atoms with Gasteiger partial charge >= 0.3 is 0 Å². The lowest BCUT2D eigenvalue weighted by atomic mass is 9.75. The van der Waals surface area contributed by atoms with Crippen molar-refractivity contribution >= 4 is 5.91 Å². The van der Waals surface area contributed by atoms with E-state index >= 15 is 0 Å². The summed E-state index contributed by atoms with van der Waals surface area (Å²) in [5.74, 6) is 2.45. The van der Waals surface area contributed by atoms with Crippen molar-refractivity contribution in [2.45, 2.75) is 32.1 Å². The average molecular weight is 349 g/mol. The number of hydrogen-bond donors (Lipinski definition) is 0. The minimum absolute atomic E-state index is 0.122. The van der Waals surface area contributed by atoms with Crippen LogP contribution in [0.3, 0.4) is 0 Å². The van der Waals surface area contributed by atoms with Gasteiger partial charge in [0.25, 0.3) is 5.91 Å². The van der Waals surface area contributed by atoms with Gasteiger partial charge in [0.15, 0.2) is 6.61 Å². The van der Waals surface area contributed by atoms with Crippen LogP contribution in [-0.4, -0.2) is 30.5 Å². The van der Waals surface area contributed by atoms with Crippen LogP contribution < -0.4 is 4.74 Å². The predicted octanol–water partition coefficient (Wildman–Crippen LogP) is 4.77. The standard InChI is InChI=1S/C23H27NO2/c25-23(24-15-14-18-8-4-5-11-20(18)16-24)17-26-22-13-7-6-12-21(22)19-9-2-1-3-10-19/h1-3,6-7,9-10,12-13,18,20H,4-5,8,11,14-17H2/t18-,20-/m1/s1. The first-order valence-electron chi connectivity index (χ1n) is 9.86. The second-order valence-electron chi connectivity index (χ2n) is 7.58. The third kappa shape index (κ3) is 3.77. The number of likely N-dealkylation sites (tertiary alicyclic amines) is 1. The van der Waals surface area contributed by atoms with Gasteiger partial charge in [-0.25, -0.2) is 0 Å². The molecule has 136 valence electrons. The first-order valence-corrected chi connectivity index (χ1v) is 9.86. The topological polar surface area (TPSA) is 29.5 Å². The Kier molecular flexibility index (Phi) is 5.24. The summed E-state index contributed by atoms with van der Waals surface area (Å²) < 4.78 is 5.95. The highest BCUT2D eigenvalue weighted by Gasteiger charge is 2.32. The van der Waals surface area contributed by atoms with Gasteiger partial charge in [0, 0.05) is 18.7 Å². The Morgan fingerprint density at radius 1 is 0.923 bits per heavy atom. The maximum Gasteiger partial charge on any atom is 0.260 e. The molecule has 1 saturated carbocycles. The normalized spacial score (nSPS) is 22.5. The molecule has 1 heterocycles. The second kappa shape index (κ2) is 7.94. The van der Waals surface area contributed by atoms with Crippen LogP contribution in [-0.2, 0) is 4.79 Å². The molecule has 0 unspecified atom stereocenters. The van der Waals surface area contributed by atoms with Gasteiger partial charge in [0.1, 0.15) is 5.75 Å². The predicted molar refractivity (Wildman–Crippen MR) is 104 cm³/mol. The molecule has 2 aromatic carbocycles. The lowest BCUT2D eigenvalue weighted by Crippen LogP contribution is -2.46. The van der Waals surface area contributed by atoms with Crippen LogP contribution >= 0.6 is 0 Å². The van der Waals surface area contributed by atoms with Gasteiger partial charge in [-0.15, -0.1) is 0 Å². The zero-order valence-electron chi connectivity index (χ0n) is 15.3. The smallest absolute Gasteiger partial charge is 0.260 e. The maximum atomic E-state index is 12.7. The van der Waals surface area contributed by atoms with E-state index in [1.165, 1.54) is 25.7 Å². The van der Waals surface area contributed by atoms with Gasteiger partial charge in [-0.2, -0.15) is 0 Å². The molecular weight excluding hydrogens is 322 g/mol. The number of amides is 1. The molecule has 1 amide bonds. The van der Waals surface area contributed by atoms with Crippen LogP contribution in [0.1, 0.15) is 32.1 Å². The summed E-state index contributed by atoms with van der Waals surface area (Å²) >= 11 is 0. The van der Waals surface area contributed by atoms with Gasteiger partial charge in [0.2, 0.25) is 0 Å². The van der Waals surface area contributed by atoms with E-state index in [4.69, 9.17) is 4.74 Å². The van der Waals surface area contributed by atoms with Crippen LogP contribution in [0, 0.1) is 11.8 Å². The van der Waals surface area contributed by atoms with Crippen molar-refractivity contribution in [1.82, 2.24) is 4.90 Å². The number of fused-ring (bicyclic) bond motifs is 1. The molecule has 26 heavy (non-hydrogen) atoms. The summed E-state index contributed by atoms with van der Waals surface area (Å²) in [4.78, 5) is 14.7. The van der Waals surface area contributed by atoms with Crippen molar-refractivity contribution < 1.29 is 9.53 Å². The molecule has 2 aliphatic rings. The van der Waals surface area contributed by atoms with E-state index in [0.717, 1.165) is 42.3 Å². The summed E-state index contributed by atoms with van der Waals surface area (Å²) in [6, 6.07) is 18.1. The molecule has 1 aliphatic heterocycles. The summed E-state index contributed by atoms with van der Waals surface area (Å²) in [5, 5.41) is 0.